The Morgan fingerprint density at radius 1 is 0.952 bits per heavy atom. The van der Waals surface area contributed by atoms with Gasteiger partial charge in [0, 0.05) is 12.5 Å². The molecule has 0 heterocycles. The Balaban J connectivity index is 1.39. The topological polar surface area (TPSA) is 88.4 Å². The maximum absolute atomic E-state index is 11.7. The number of carbonyl (C=O) groups is 1. The van der Waals surface area contributed by atoms with Crippen LogP contribution in [0.2, 0.25) is 0 Å². The lowest BCUT2D eigenvalue weighted by atomic mass is 9.45. The van der Waals surface area contributed by atoms with Crippen molar-refractivity contribution >= 4 is 17.8 Å². The van der Waals surface area contributed by atoms with Gasteiger partial charge >= 0.3 is 5.97 Å². The number of hydrogen-bond acceptors (Lipinski definition) is 6. The van der Waals surface area contributed by atoms with Crippen molar-refractivity contribution in [1.82, 2.24) is 16.0 Å². The minimum absolute atomic E-state index is 0.283. The molecule has 0 radical (unpaired) electrons. The van der Waals surface area contributed by atoms with E-state index >= 15 is 0 Å². The van der Waals surface area contributed by atoms with Crippen molar-refractivity contribution in [3.8, 4) is 0 Å². The predicted octanol–water partition coefficient (Wildman–Crippen LogP) is 7.20. The van der Waals surface area contributed by atoms with E-state index in [2.05, 4.69) is 47.9 Å². The van der Waals surface area contributed by atoms with Crippen molar-refractivity contribution in [2.24, 2.45) is 46.2 Å². The normalized spacial score (nSPS) is 32.5. The van der Waals surface area contributed by atoms with Crippen LogP contribution in [0.5, 0.6) is 0 Å². The molecule has 3 saturated carbocycles. The summed E-state index contributed by atoms with van der Waals surface area (Å²) in [4.78, 5) is 11.7. The van der Waals surface area contributed by atoms with Gasteiger partial charge in [-0.3, -0.25) is 4.79 Å². The van der Waals surface area contributed by atoms with Crippen LogP contribution in [-0.2, 0) is 9.08 Å². The summed E-state index contributed by atoms with van der Waals surface area (Å²) in [6.45, 7) is 16.3. The van der Waals surface area contributed by atoms with Crippen LogP contribution < -0.4 is 21.7 Å². The molecule has 8 atom stereocenters. The average molecular weight is 611 g/mol. The molecule has 246 valence electrons. The van der Waals surface area contributed by atoms with Gasteiger partial charge in [-0.15, -0.1) is 0 Å². The lowest BCUT2D eigenvalue weighted by molar-refractivity contribution is -0.134. The van der Waals surface area contributed by atoms with Crippen molar-refractivity contribution in [2.75, 3.05) is 39.3 Å². The van der Waals surface area contributed by atoms with Gasteiger partial charge in [-0.2, -0.15) is 0 Å². The average Bonchev–Trinajstić information content (AvgIpc) is 2.98. The molecule has 0 amide bonds. The molecule has 0 bridgehead atoms. The first kappa shape index (κ1) is 36.1. The summed E-state index contributed by atoms with van der Waals surface area (Å²) >= 11 is 5.32. The van der Waals surface area contributed by atoms with E-state index in [-0.39, 0.29) is 5.97 Å². The van der Waals surface area contributed by atoms with Crippen molar-refractivity contribution in [3.05, 3.63) is 0 Å². The van der Waals surface area contributed by atoms with Crippen LogP contribution in [0.3, 0.4) is 0 Å². The molecular weight excluding hydrogens is 544 g/mol. The number of nitrogens with two attached hydrogens (primary N) is 1. The van der Waals surface area contributed by atoms with E-state index in [0.29, 0.717) is 35.1 Å². The molecule has 7 heteroatoms. The fourth-order valence-electron chi connectivity index (χ4n) is 9.74. The molecule has 4 unspecified atom stereocenters. The van der Waals surface area contributed by atoms with Gasteiger partial charge in [0.25, 0.3) is 0 Å². The first-order valence-electron chi connectivity index (χ1n) is 17.9. The summed E-state index contributed by atoms with van der Waals surface area (Å²) < 4.78 is 4.43. The summed E-state index contributed by atoms with van der Waals surface area (Å²) in [5.41, 5.74) is 6.45. The maximum atomic E-state index is 11.7. The highest BCUT2D eigenvalue weighted by atomic mass is 35.5. The standard InChI is InChI=1S/C35H67ClN4O2/c1-5-10-31(27(2)11-14-33(41)42-36)34(3)17-16-32-28(26-34)12-13-29-25-30(15-18-35(29,32)4)40-24-9-23-39-21-7-6-20-38-22-8-19-37/h27-32,38-40H,5-26,37H2,1-4H3/t27?,28?,29?,30-,31+,32?,34-,35-/m0/s1. The molecule has 5 N–H and O–H groups in total. The quantitative estimate of drug-likeness (QED) is 0.109. The zero-order chi connectivity index (χ0) is 30.4. The SMILES string of the molecule is CCC[C@H](C(C)CCC(=O)OCl)[C@@]1(C)CCC2C(CCC3C[C@@H](NCCCNCCCCNCCCN)CC[C@@]32C)C1. The lowest BCUT2D eigenvalue weighted by Gasteiger charge is -2.60. The van der Waals surface area contributed by atoms with Gasteiger partial charge in [0.1, 0.15) is 11.9 Å². The summed E-state index contributed by atoms with van der Waals surface area (Å²) in [6.07, 6.45) is 19.7. The summed E-state index contributed by atoms with van der Waals surface area (Å²) in [6, 6.07) is 0.711. The lowest BCUT2D eigenvalue weighted by Crippen LogP contribution is -2.53. The highest BCUT2D eigenvalue weighted by molar-refractivity contribution is 6.13. The molecule has 3 rings (SSSR count). The van der Waals surface area contributed by atoms with Crippen LogP contribution in [0, 0.1) is 40.4 Å². The van der Waals surface area contributed by atoms with Crippen LogP contribution in [0.1, 0.15) is 130 Å². The fraction of sp³-hybridized carbons (Fsp3) is 0.971. The van der Waals surface area contributed by atoms with Gasteiger partial charge in [-0.05, 0) is 170 Å². The second-order valence-corrected chi connectivity index (χ2v) is 15.2. The van der Waals surface area contributed by atoms with Gasteiger partial charge in [-0.1, -0.05) is 34.1 Å². The van der Waals surface area contributed by atoms with Crippen LogP contribution in [-0.4, -0.2) is 51.3 Å². The smallest absolute Gasteiger partial charge is 0.324 e. The molecule has 6 nitrogen and oxygen atoms in total. The zero-order valence-corrected chi connectivity index (χ0v) is 28.5. The number of fused-ring (bicyclic) bond motifs is 3. The van der Waals surface area contributed by atoms with Gasteiger partial charge in [-0.25, -0.2) is 0 Å². The van der Waals surface area contributed by atoms with E-state index in [1.165, 1.54) is 83.5 Å². The van der Waals surface area contributed by atoms with E-state index in [4.69, 9.17) is 17.6 Å². The van der Waals surface area contributed by atoms with Gasteiger partial charge in [0.15, 0.2) is 0 Å². The Morgan fingerprint density at radius 3 is 2.36 bits per heavy atom. The number of carbonyl (C=O) groups excluding carboxylic acids is 1. The number of halogens is 1. The molecule has 3 aliphatic carbocycles. The first-order valence-corrected chi connectivity index (χ1v) is 18.2. The Hall–Kier alpha value is -0.400. The van der Waals surface area contributed by atoms with Crippen LogP contribution in [0.25, 0.3) is 0 Å². The summed E-state index contributed by atoms with van der Waals surface area (Å²) in [5.74, 6) is 3.58. The van der Waals surface area contributed by atoms with Crippen LogP contribution in [0.4, 0.5) is 0 Å². The summed E-state index contributed by atoms with van der Waals surface area (Å²) in [5, 5.41) is 11.1. The van der Waals surface area contributed by atoms with Gasteiger partial charge < -0.3 is 26.0 Å². The Bertz CT molecular complexity index is 771. The van der Waals surface area contributed by atoms with Gasteiger partial charge in [0.05, 0.1) is 0 Å². The summed E-state index contributed by atoms with van der Waals surface area (Å²) in [7, 11) is 0. The minimum Gasteiger partial charge on any atom is -0.348 e. The largest absolute Gasteiger partial charge is 0.348 e. The Morgan fingerprint density at radius 2 is 1.67 bits per heavy atom. The molecule has 0 aromatic heterocycles. The Kier molecular flexibility index (Phi) is 15.9. The van der Waals surface area contributed by atoms with Crippen molar-refractivity contribution in [2.45, 2.75) is 136 Å². The molecule has 0 aromatic rings. The Labute approximate surface area is 264 Å². The number of rotatable bonds is 20. The number of nitrogens with one attached hydrogen (secondary N) is 3. The van der Waals surface area contributed by atoms with E-state index in [0.717, 1.165) is 69.9 Å². The van der Waals surface area contributed by atoms with Crippen molar-refractivity contribution in [1.29, 1.82) is 0 Å². The third-order valence-electron chi connectivity index (χ3n) is 12.1. The molecule has 3 aliphatic rings. The molecular formula is C35H67ClN4O2. The van der Waals surface area contributed by atoms with Crippen molar-refractivity contribution < 1.29 is 9.08 Å². The van der Waals surface area contributed by atoms with Crippen molar-refractivity contribution in [3.63, 3.8) is 0 Å². The first-order chi connectivity index (χ1) is 20.3. The molecule has 3 fully saturated rings. The number of hydrogen-bond donors (Lipinski definition) is 4. The molecule has 0 saturated heterocycles. The van der Waals surface area contributed by atoms with E-state index in [9.17, 15) is 4.79 Å². The van der Waals surface area contributed by atoms with E-state index in [1.807, 2.05) is 0 Å². The predicted molar refractivity (Wildman–Crippen MR) is 177 cm³/mol. The highest BCUT2D eigenvalue weighted by Crippen LogP contribution is 2.63. The maximum Gasteiger partial charge on any atom is 0.324 e. The molecule has 0 aliphatic heterocycles. The number of unbranched alkanes of at least 4 members (excludes halogenated alkanes) is 1. The third kappa shape index (κ3) is 10.3. The van der Waals surface area contributed by atoms with Crippen LogP contribution in [0.15, 0.2) is 0 Å². The third-order valence-corrected chi connectivity index (χ3v) is 12.3. The monoisotopic (exact) mass is 610 g/mol. The molecule has 0 spiro atoms. The van der Waals surface area contributed by atoms with E-state index in [1.54, 1.807) is 0 Å². The second kappa shape index (κ2) is 18.5. The van der Waals surface area contributed by atoms with Gasteiger partial charge in [0.2, 0.25) is 0 Å². The van der Waals surface area contributed by atoms with Crippen LogP contribution >= 0.6 is 11.9 Å². The minimum atomic E-state index is -0.283. The molecule has 0 aromatic carbocycles. The second-order valence-electron chi connectivity index (χ2n) is 15.0. The zero-order valence-electron chi connectivity index (χ0n) is 27.8. The van der Waals surface area contributed by atoms with E-state index < -0.39 is 0 Å². The highest BCUT2D eigenvalue weighted by Gasteiger charge is 2.54. The fourth-order valence-corrected chi connectivity index (χ4v) is 9.82. The molecule has 42 heavy (non-hydrogen) atoms.